The molecule has 0 spiro atoms. The Morgan fingerprint density at radius 2 is 1.82 bits per heavy atom. The molecule has 1 aromatic carbocycles. The van der Waals surface area contributed by atoms with Gasteiger partial charge >= 0.3 is 0 Å². The number of carbonyl (C=O) groups excluding carboxylic acids is 1. The highest BCUT2D eigenvalue weighted by molar-refractivity contribution is 7.89. The van der Waals surface area contributed by atoms with Crippen LogP contribution in [0.25, 0.3) is 0 Å². The first-order chi connectivity index (χ1) is 10.3. The zero-order valence-electron chi connectivity index (χ0n) is 12.5. The molecule has 2 rings (SSSR count). The van der Waals surface area contributed by atoms with Crippen LogP contribution in [-0.2, 0) is 19.6 Å². The van der Waals surface area contributed by atoms with E-state index in [1.807, 2.05) is 13.8 Å². The third-order valence-electron chi connectivity index (χ3n) is 3.28. The molecule has 2 atom stereocenters. The van der Waals surface area contributed by atoms with E-state index in [4.69, 9.17) is 16.3 Å². The number of ether oxygens (including phenoxy) is 1. The Hall–Kier alpha value is -1.15. The second-order valence-corrected chi connectivity index (χ2v) is 7.49. The van der Waals surface area contributed by atoms with E-state index < -0.39 is 10.0 Å². The molecule has 1 aromatic rings. The minimum Gasteiger partial charge on any atom is -0.373 e. The van der Waals surface area contributed by atoms with Gasteiger partial charge in [-0.15, -0.1) is 11.6 Å². The number of anilines is 1. The molecule has 1 aliphatic rings. The van der Waals surface area contributed by atoms with E-state index in [0.29, 0.717) is 18.8 Å². The van der Waals surface area contributed by atoms with Gasteiger partial charge in [-0.1, -0.05) is 0 Å². The van der Waals surface area contributed by atoms with Crippen LogP contribution >= 0.6 is 11.6 Å². The van der Waals surface area contributed by atoms with Crippen LogP contribution in [0, 0.1) is 0 Å². The molecule has 8 heteroatoms. The number of nitrogens with zero attached hydrogens (tertiary/aromatic N) is 1. The second kappa shape index (κ2) is 6.95. The molecule has 0 aromatic heterocycles. The highest BCUT2D eigenvalue weighted by Gasteiger charge is 2.32. The number of carbonyl (C=O) groups is 1. The predicted molar refractivity (Wildman–Crippen MR) is 84.6 cm³/mol. The third kappa shape index (κ3) is 3.98. The molecule has 1 amide bonds. The van der Waals surface area contributed by atoms with E-state index in [9.17, 15) is 13.2 Å². The van der Waals surface area contributed by atoms with Crippen LogP contribution in [0.3, 0.4) is 0 Å². The smallest absolute Gasteiger partial charge is 0.243 e. The van der Waals surface area contributed by atoms with E-state index in [1.165, 1.54) is 16.4 Å². The third-order valence-corrected chi connectivity index (χ3v) is 5.37. The number of hydrogen-bond donors (Lipinski definition) is 1. The van der Waals surface area contributed by atoms with Gasteiger partial charge in [0.15, 0.2) is 0 Å². The Kier molecular flexibility index (Phi) is 5.44. The SMILES string of the molecule is C[C@H]1CN(S(=O)(=O)c2ccc(NC(=O)CCl)cc2)C[C@H](C)O1. The van der Waals surface area contributed by atoms with Crippen LogP contribution in [-0.4, -0.2) is 49.8 Å². The first kappa shape index (κ1) is 17.2. The van der Waals surface area contributed by atoms with Crippen LogP contribution < -0.4 is 5.32 Å². The summed E-state index contributed by atoms with van der Waals surface area (Å²) >= 11 is 5.41. The number of halogens is 1. The highest BCUT2D eigenvalue weighted by atomic mass is 35.5. The Morgan fingerprint density at radius 3 is 2.32 bits per heavy atom. The standard InChI is InChI=1S/C14H19ClN2O4S/c1-10-8-17(9-11(2)21-10)22(19,20)13-5-3-12(4-6-13)16-14(18)7-15/h3-6,10-11H,7-9H2,1-2H3,(H,16,18)/t10-,11-/m0/s1. The molecule has 0 bridgehead atoms. The van der Waals surface area contributed by atoms with Crippen molar-refractivity contribution in [3.63, 3.8) is 0 Å². The maximum absolute atomic E-state index is 12.6. The van der Waals surface area contributed by atoms with Crippen molar-refractivity contribution in [2.24, 2.45) is 0 Å². The van der Waals surface area contributed by atoms with Gasteiger partial charge in [0.25, 0.3) is 0 Å². The Bertz CT molecular complexity index is 623. The molecule has 1 saturated heterocycles. The summed E-state index contributed by atoms with van der Waals surface area (Å²) in [7, 11) is -3.56. The summed E-state index contributed by atoms with van der Waals surface area (Å²) in [6.07, 6.45) is -0.276. The molecule has 1 heterocycles. The number of rotatable bonds is 4. The number of morpholine rings is 1. The van der Waals surface area contributed by atoms with Gasteiger partial charge in [-0.3, -0.25) is 4.79 Å². The van der Waals surface area contributed by atoms with Crippen molar-refractivity contribution in [3.8, 4) is 0 Å². The number of alkyl halides is 1. The molecule has 0 radical (unpaired) electrons. The largest absolute Gasteiger partial charge is 0.373 e. The summed E-state index contributed by atoms with van der Waals surface area (Å²) in [5.74, 6) is -0.489. The molecule has 22 heavy (non-hydrogen) atoms. The average molecular weight is 347 g/mol. The van der Waals surface area contributed by atoms with Gasteiger partial charge in [-0.2, -0.15) is 4.31 Å². The van der Waals surface area contributed by atoms with E-state index in [0.717, 1.165) is 0 Å². The Morgan fingerprint density at radius 1 is 1.27 bits per heavy atom. The van der Waals surface area contributed by atoms with Gasteiger partial charge in [0.1, 0.15) is 5.88 Å². The molecule has 122 valence electrons. The zero-order valence-corrected chi connectivity index (χ0v) is 14.0. The highest BCUT2D eigenvalue weighted by Crippen LogP contribution is 2.22. The van der Waals surface area contributed by atoms with E-state index in [-0.39, 0.29) is 28.9 Å². The zero-order chi connectivity index (χ0) is 16.3. The Labute approximate surface area is 135 Å². The van der Waals surface area contributed by atoms with Gasteiger partial charge < -0.3 is 10.1 Å². The predicted octanol–water partition coefficient (Wildman–Crippen LogP) is 1.66. The lowest BCUT2D eigenvalue weighted by Crippen LogP contribution is -2.48. The Balaban J connectivity index is 2.17. The molecule has 1 aliphatic heterocycles. The lowest BCUT2D eigenvalue weighted by Gasteiger charge is -2.34. The fourth-order valence-corrected chi connectivity index (χ4v) is 4.04. The molecular weight excluding hydrogens is 328 g/mol. The van der Waals surface area contributed by atoms with E-state index in [1.54, 1.807) is 12.1 Å². The van der Waals surface area contributed by atoms with Crippen molar-refractivity contribution in [2.45, 2.75) is 31.0 Å². The summed E-state index contributed by atoms with van der Waals surface area (Å²) in [5, 5.41) is 2.56. The fourth-order valence-electron chi connectivity index (χ4n) is 2.38. The number of nitrogens with one attached hydrogen (secondary N) is 1. The van der Waals surface area contributed by atoms with Crippen molar-refractivity contribution in [2.75, 3.05) is 24.3 Å². The van der Waals surface area contributed by atoms with Crippen molar-refractivity contribution >= 4 is 33.2 Å². The van der Waals surface area contributed by atoms with Gasteiger partial charge in [0.05, 0.1) is 17.1 Å². The number of benzene rings is 1. The van der Waals surface area contributed by atoms with Crippen LogP contribution in [0.1, 0.15) is 13.8 Å². The molecule has 6 nitrogen and oxygen atoms in total. The van der Waals surface area contributed by atoms with Crippen LogP contribution in [0.5, 0.6) is 0 Å². The van der Waals surface area contributed by atoms with Crippen molar-refractivity contribution in [1.82, 2.24) is 4.31 Å². The van der Waals surface area contributed by atoms with Crippen molar-refractivity contribution in [1.29, 1.82) is 0 Å². The van der Waals surface area contributed by atoms with Gasteiger partial charge in [0, 0.05) is 18.8 Å². The number of hydrogen-bond acceptors (Lipinski definition) is 4. The quantitative estimate of drug-likeness (QED) is 0.841. The summed E-state index contributed by atoms with van der Waals surface area (Å²) in [4.78, 5) is 11.4. The molecule has 0 unspecified atom stereocenters. The van der Waals surface area contributed by atoms with E-state index >= 15 is 0 Å². The fraction of sp³-hybridized carbons (Fsp3) is 0.500. The topological polar surface area (TPSA) is 75.7 Å². The van der Waals surface area contributed by atoms with Crippen LogP contribution in [0.2, 0.25) is 0 Å². The molecule has 1 N–H and O–H groups in total. The first-order valence-electron chi connectivity index (χ1n) is 6.94. The van der Waals surface area contributed by atoms with Gasteiger partial charge in [-0.05, 0) is 38.1 Å². The molecule has 0 saturated carbocycles. The maximum atomic E-state index is 12.6. The minimum atomic E-state index is -3.56. The lowest BCUT2D eigenvalue weighted by molar-refractivity contribution is -0.113. The maximum Gasteiger partial charge on any atom is 0.243 e. The first-order valence-corrected chi connectivity index (χ1v) is 8.92. The van der Waals surface area contributed by atoms with Crippen LogP contribution in [0.15, 0.2) is 29.2 Å². The summed E-state index contributed by atoms with van der Waals surface area (Å²) in [6.45, 7) is 4.36. The van der Waals surface area contributed by atoms with Crippen molar-refractivity contribution < 1.29 is 17.9 Å². The number of sulfonamides is 1. The van der Waals surface area contributed by atoms with Gasteiger partial charge in [0.2, 0.25) is 15.9 Å². The molecular formula is C14H19ClN2O4S. The molecule has 1 fully saturated rings. The normalized spacial score (nSPS) is 23.2. The average Bonchev–Trinajstić information content (AvgIpc) is 2.46. The lowest BCUT2D eigenvalue weighted by atomic mass is 10.3. The van der Waals surface area contributed by atoms with Crippen LogP contribution in [0.4, 0.5) is 5.69 Å². The second-order valence-electron chi connectivity index (χ2n) is 5.29. The van der Waals surface area contributed by atoms with Gasteiger partial charge in [-0.25, -0.2) is 8.42 Å². The van der Waals surface area contributed by atoms with E-state index in [2.05, 4.69) is 5.32 Å². The molecule has 0 aliphatic carbocycles. The summed E-state index contributed by atoms with van der Waals surface area (Å²) < 4.78 is 32.2. The summed E-state index contributed by atoms with van der Waals surface area (Å²) in [5.41, 5.74) is 0.508. The minimum absolute atomic E-state index is 0.138. The monoisotopic (exact) mass is 346 g/mol. The summed E-state index contributed by atoms with van der Waals surface area (Å²) in [6, 6.07) is 6.04. The number of amides is 1. The van der Waals surface area contributed by atoms with Crippen molar-refractivity contribution in [3.05, 3.63) is 24.3 Å².